The van der Waals surface area contributed by atoms with E-state index in [9.17, 15) is 0 Å². The van der Waals surface area contributed by atoms with E-state index in [-0.39, 0.29) is 6.04 Å². The molecule has 1 unspecified atom stereocenters. The maximum Gasteiger partial charge on any atom is 0.0569 e. The Kier molecular flexibility index (Phi) is 4.20. The van der Waals surface area contributed by atoms with Crippen LogP contribution in [0.5, 0.6) is 0 Å². The lowest BCUT2D eigenvalue weighted by Crippen LogP contribution is -2.06. The first-order valence-corrected chi connectivity index (χ1v) is 6.91. The van der Waals surface area contributed by atoms with Gasteiger partial charge in [0.2, 0.25) is 0 Å². The number of nitrogens with zero attached hydrogens (tertiary/aromatic N) is 1. The van der Waals surface area contributed by atoms with E-state index in [0.717, 1.165) is 15.1 Å². The maximum absolute atomic E-state index is 5.76. The van der Waals surface area contributed by atoms with Gasteiger partial charge in [0, 0.05) is 26.5 Å². The third-order valence-electron chi connectivity index (χ3n) is 2.26. The molecule has 0 aliphatic rings. The van der Waals surface area contributed by atoms with Gasteiger partial charge in [-0.15, -0.1) is 0 Å². The first-order valence-electron chi connectivity index (χ1n) is 5.30. The van der Waals surface area contributed by atoms with Crippen molar-refractivity contribution in [1.82, 2.24) is 4.98 Å². The standard InChI is InChI=1S/C13H13BrN2S/c1-9(15)13-6-5-12(8-16-13)17-11-4-2-3-10(14)7-11/h2-9H,15H2,1H3. The molecule has 2 nitrogen and oxygen atoms in total. The molecule has 0 aliphatic heterocycles. The predicted octanol–water partition coefficient (Wildman–Crippen LogP) is 4.02. The van der Waals surface area contributed by atoms with Gasteiger partial charge in [-0.1, -0.05) is 33.8 Å². The number of hydrogen-bond acceptors (Lipinski definition) is 3. The lowest BCUT2D eigenvalue weighted by molar-refractivity contribution is 0.777. The lowest BCUT2D eigenvalue weighted by Gasteiger charge is -2.06. The zero-order chi connectivity index (χ0) is 12.3. The average Bonchev–Trinajstić information content (AvgIpc) is 2.29. The van der Waals surface area contributed by atoms with Crippen LogP contribution in [0.2, 0.25) is 0 Å². The molecule has 0 saturated carbocycles. The quantitative estimate of drug-likeness (QED) is 0.931. The third-order valence-corrected chi connectivity index (χ3v) is 3.72. The van der Waals surface area contributed by atoms with Crippen molar-refractivity contribution in [2.75, 3.05) is 0 Å². The van der Waals surface area contributed by atoms with E-state index in [4.69, 9.17) is 5.73 Å². The monoisotopic (exact) mass is 308 g/mol. The molecule has 17 heavy (non-hydrogen) atoms. The zero-order valence-electron chi connectivity index (χ0n) is 9.43. The van der Waals surface area contributed by atoms with Crippen LogP contribution in [0.15, 0.2) is 56.9 Å². The zero-order valence-corrected chi connectivity index (χ0v) is 11.8. The normalized spacial score (nSPS) is 12.4. The maximum atomic E-state index is 5.76. The largest absolute Gasteiger partial charge is 0.323 e. The number of hydrogen-bond donors (Lipinski definition) is 1. The fourth-order valence-electron chi connectivity index (χ4n) is 1.39. The van der Waals surface area contributed by atoms with E-state index in [2.05, 4.69) is 39.1 Å². The Bertz CT molecular complexity index is 497. The Morgan fingerprint density at radius 1 is 1.24 bits per heavy atom. The number of rotatable bonds is 3. The molecule has 0 spiro atoms. The van der Waals surface area contributed by atoms with Crippen LogP contribution in [-0.2, 0) is 0 Å². The second kappa shape index (κ2) is 5.67. The molecule has 1 heterocycles. The summed E-state index contributed by atoms with van der Waals surface area (Å²) in [5.41, 5.74) is 6.68. The van der Waals surface area contributed by atoms with Gasteiger partial charge >= 0.3 is 0 Å². The van der Waals surface area contributed by atoms with Crippen molar-refractivity contribution in [2.45, 2.75) is 22.8 Å². The summed E-state index contributed by atoms with van der Waals surface area (Å²) in [4.78, 5) is 6.65. The summed E-state index contributed by atoms with van der Waals surface area (Å²) < 4.78 is 1.09. The summed E-state index contributed by atoms with van der Waals surface area (Å²) in [6.45, 7) is 1.93. The smallest absolute Gasteiger partial charge is 0.0569 e. The number of pyridine rings is 1. The Labute approximate surface area is 114 Å². The van der Waals surface area contributed by atoms with Gasteiger partial charge in [-0.2, -0.15) is 0 Å². The summed E-state index contributed by atoms with van der Waals surface area (Å²) in [5.74, 6) is 0. The molecule has 1 aromatic carbocycles. The van der Waals surface area contributed by atoms with E-state index in [1.807, 2.05) is 31.3 Å². The molecule has 2 aromatic rings. The predicted molar refractivity (Wildman–Crippen MR) is 75.1 cm³/mol. The van der Waals surface area contributed by atoms with Crippen LogP contribution in [0.3, 0.4) is 0 Å². The van der Waals surface area contributed by atoms with Gasteiger partial charge < -0.3 is 5.73 Å². The van der Waals surface area contributed by atoms with E-state index in [1.54, 1.807) is 11.8 Å². The van der Waals surface area contributed by atoms with Crippen LogP contribution in [-0.4, -0.2) is 4.98 Å². The van der Waals surface area contributed by atoms with Crippen LogP contribution in [0, 0.1) is 0 Å². The summed E-state index contributed by atoms with van der Waals surface area (Å²) in [6, 6.07) is 12.2. The Hall–Kier alpha value is -0.840. The van der Waals surface area contributed by atoms with Crippen molar-refractivity contribution >= 4 is 27.7 Å². The lowest BCUT2D eigenvalue weighted by atomic mass is 10.2. The fraction of sp³-hybridized carbons (Fsp3) is 0.154. The molecule has 4 heteroatoms. The highest BCUT2D eigenvalue weighted by molar-refractivity contribution is 9.10. The van der Waals surface area contributed by atoms with Gasteiger partial charge in [-0.05, 0) is 37.3 Å². The van der Waals surface area contributed by atoms with Gasteiger partial charge in [0.15, 0.2) is 0 Å². The molecule has 88 valence electrons. The van der Waals surface area contributed by atoms with Crippen molar-refractivity contribution in [2.24, 2.45) is 5.73 Å². The molecule has 2 rings (SSSR count). The first-order chi connectivity index (χ1) is 8.15. The molecular formula is C13H13BrN2S. The van der Waals surface area contributed by atoms with Crippen LogP contribution in [0.4, 0.5) is 0 Å². The number of benzene rings is 1. The number of halogens is 1. The minimum Gasteiger partial charge on any atom is -0.323 e. The van der Waals surface area contributed by atoms with Crippen molar-refractivity contribution in [3.8, 4) is 0 Å². The SMILES string of the molecule is CC(N)c1ccc(Sc2cccc(Br)c2)cn1. The minimum atomic E-state index is -0.0140. The topological polar surface area (TPSA) is 38.9 Å². The minimum absolute atomic E-state index is 0.0140. The molecule has 0 bridgehead atoms. The Balaban J connectivity index is 2.14. The highest BCUT2D eigenvalue weighted by Crippen LogP contribution is 2.29. The highest BCUT2D eigenvalue weighted by Gasteiger charge is 2.02. The summed E-state index contributed by atoms with van der Waals surface area (Å²) in [7, 11) is 0. The van der Waals surface area contributed by atoms with Gasteiger partial charge in [0.05, 0.1) is 5.69 Å². The van der Waals surface area contributed by atoms with Gasteiger partial charge in [0.1, 0.15) is 0 Å². The summed E-state index contributed by atoms with van der Waals surface area (Å²) >= 11 is 5.15. The van der Waals surface area contributed by atoms with Crippen molar-refractivity contribution in [3.05, 3.63) is 52.8 Å². The Morgan fingerprint density at radius 3 is 2.65 bits per heavy atom. The molecule has 0 fully saturated rings. The molecule has 0 aliphatic carbocycles. The van der Waals surface area contributed by atoms with E-state index >= 15 is 0 Å². The van der Waals surface area contributed by atoms with E-state index in [0.29, 0.717) is 0 Å². The summed E-state index contributed by atoms with van der Waals surface area (Å²) in [5, 5.41) is 0. The molecule has 1 aromatic heterocycles. The highest BCUT2D eigenvalue weighted by atomic mass is 79.9. The van der Waals surface area contributed by atoms with Crippen LogP contribution in [0.25, 0.3) is 0 Å². The molecule has 0 radical (unpaired) electrons. The second-order valence-corrected chi connectivity index (χ2v) is 5.83. The van der Waals surface area contributed by atoms with Crippen LogP contribution in [0.1, 0.15) is 18.7 Å². The van der Waals surface area contributed by atoms with Crippen molar-refractivity contribution in [3.63, 3.8) is 0 Å². The first kappa shape index (κ1) is 12.6. The third kappa shape index (κ3) is 3.56. The van der Waals surface area contributed by atoms with Crippen molar-refractivity contribution in [1.29, 1.82) is 0 Å². The number of nitrogens with two attached hydrogens (primary N) is 1. The van der Waals surface area contributed by atoms with Gasteiger partial charge in [-0.3, -0.25) is 4.98 Å². The molecule has 0 amide bonds. The molecule has 2 N–H and O–H groups in total. The summed E-state index contributed by atoms with van der Waals surface area (Å²) in [6.07, 6.45) is 1.87. The second-order valence-electron chi connectivity index (χ2n) is 3.77. The van der Waals surface area contributed by atoms with E-state index < -0.39 is 0 Å². The van der Waals surface area contributed by atoms with Crippen molar-refractivity contribution < 1.29 is 0 Å². The molecule has 0 saturated heterocycles. The number of aromatic nitrogens is 1. The van der Waals surface area contributed by atoms with Gasteiger partial charge in [-0.25, -0.2) is 0 Å². The fourth-order valence-corrected chi connectivity index (χ4v) is 2.78. The van der Waals surface area contributed by atoms with Crippen LogP contribution >= 0.6 is 27.7 Å². The molecular weight excluding hydrogens is 296 g/mol. The van der Waals surface area contributed by atoms with Gasteiger partial charge in [0.25, 0.3) is 0 Å². The molecule has 1 atom stereocenters. The average molecular weight is 309 g/mol. The van der Waals surface area contributed by atoms with E-state index in [1.165, 1.54) is 4.90 Å². The Morgan fingerprint density at radius 2 is 2.06 bits per heavy atom. The van der Waals surface area contributed by atoms with Crippen LogP contribution < -0.4 is 5.73 Å².